The number of hydrogen-bond donors (Lipinski definition) is 0. The number of hydrogen-bond acceptors (Lipinski definition) is 3. The van der Waals surface area contributed by atoms with Crippen LogP contribution in [0.1, 0.15) is 25.0 Å². The van der Waals surface area contributed by atoms with Gasteiger partial charge in [0.25, 0.3) is 0 Å². The minimum absolute atomic E-state index is 0.152. The van der Waals surface area contributed by atoms with E-state index in [1.807, 2.05) is 12.1 Å². The predicted molar refractivity (Wildman–Crippen MR) is 252 cm³/mol. The maximum atomic E-state index is 6.17. The molecule has 0 spiro atoms. The molecule has 0 atom stereocenters. The molecule has 3 heteroatoms. The van der Waals surface area contributed by atoms with Gasteiger partial charge in [0.05, 0.1) is 0 Å². The van der Waals surface area contributed by atoms with Gasteiger partial charge in [0, 0.05) is 50.3 Å². The Labute approximate surface area is 351 Å². The molecule has 0 radical (unpaired) electrons. The quantitative estimate of drug-likeness (QED) is 0.153. The number of para-hydroxylation sites is 3. The van der Waals surface area contributed by atoms with Crippen molar-refractivity contribution in [3.05, 3.63) is 230 Å². The normalized spacial score (nSPS) is 12.6. The summed E-state index contributed by atoms with van der Waals surface area (Å²) in [6.07, 6.45) is 0. The Hall–Kier alpha value is -7.62. The monoisotopic (exact) mass is 770 g/mol. The maximum Gasteiger partial charge on any atom is 0.135 e. The molecular weight excluding hydrogens is 729 g/mol. The lowest BCUT2D eigenvalue weighted by Gasteiger charge is -2.28. The largest absolute Gasteiger partial charge is 0.456 e. The Morgan fingerprint density at radius 2 is 0.733 bits per heavy atom. The fraction of sp³-hybridized carbons (Fsp3) is 0.0526. The molecule has 1 aliphatic rings. The number of furan rings is 1. The van der Waals surface area contributed by atoms with Gasteiger partial charge in [-0.2, -0.15) is 0 Å². The van der Waals surface area contributed by atoms with Gasteiger partial charge in [0.2, 0.25) is 0 Å². The highest BCUT2D eigenvalue weighted by Crippen LogP contribution is 2.52. The van der Waals surface area contributed by atoms with Gasteiger partial charge in [-0.15, -0.1) is 0 Å². The fourth-order valence-corrected chi connectivity index (χ4v) is 9.18. The molecule has 0 fully saturated rings. The molecule has 0 saturated carbocycles. The SMILES string of the molecule is CC1(C)c2cc(-c3ccccc3)ccc2-c2ccc(N(c3ccccc3)c3ccc(-c4ccc(N(c5ccccc5)c5ccc6oc7ccccc7c6c5)cc4)cc3)cc21. The van der Waals surface area contributed by atoms with E-state index in [1.165, 1.54) is 33.4 Å². The van der Waals surface area contributed by atoms with Gasteiger partial charge in [-0.05, 0) is 136 Å². The van der Waals surface area contributed by atoms with E-state index < -0.39 is 0 Å². The van der Waals surface area contributed by atoms with Gasteiger partial charge >= 0.3 is 0 Å². The van der Waals surface area contributed by atoms with E-state index in [9.17, 15) is 0 Å². The molecular formula is C57H42N2O. The molecule has 11 rings (SSSR count). The summed E-state index contributed by atoms with van der Waals surface area (Å²) in [5.41, 5.74) is 18.4. The van der Waals surface area contributed by atoms with Gasteiger partial charge in [0.1, 0.15) is 11.2 Å². The number of nitrogens with zero attached hydrogens (tertiary/aromatic N) is 2. The highest BCUT2D eigenvalue weighted by Gasteiger charge is 2.36. The molecule has 0 bridgehead atoms. The van der Waals surface area contributed by atoms with Crippen LogP contribution in [0.2, 0.25) is 0 Å². The molecule has 1 heterocycles. The van der Waals surface area contributed by atoms with E-state index in [1.54, 1.807) is 0 Å². The average Bonchev–Trinajstić information content (AvgIpc) is 3.79. The van der Waals surface area contributed by atoms with Gasteiger partial charge in [0.15, 0.2) is 0 Å². The topological polar surface area (TPSA) is 19.6 Å². The molecule has 0 unspecified atom stereocenters. The summed E-state index contributed by atoms with van der Waals surface area (Å²) in [6, 6.07) is 78.5. The van der Waals surface area contributed by atoms with Crippen molar-refractivity contribution in [1.82, 2.24) is 0 Å². The van der Waals surface area contributed by atoms with E-state index >= 15 is 0 Å². The lowest BCUT2D eigenvalue weighted by atomic mass is 9.81. The highest BCUT2D eigenvalue weighted by atomic mass is 16.3. The standard InChI is InChI=1S/C57H42N2O/c1-57(2)53-36-42(39-14-6-3-7-15-39)26-33-49(53)50-34-31-48(38-54(50)57)59(44-18-10-5-11-19-44)46-29-24-41(25-30-46)40-22-27-45(28-23-40)58(43-16-8-4-9-17-43)47-32-35-56-52(37-47)51-20-12-13-21-55(51)60-56/h3-38H,1-2H3. The van der Waals surface area contributed by atoms with Crippen LogP contribution in [0.4, 0.5) is 34.1 Å². The number of fused-ring (bicyclic) bond motifs is 6. The molecule has 1 aromatic heterocycles. The first kappa shape index (κ1) is 35.5. The van der Waals surface area contributed by atoms with Gasteiger partial charge in [-0.25, -0.2) is 0 Å². The zero-order valence-corrected chi connectivity index (χ0v) is 33.6. The number of anilines is 6. The summed E-state index contributed by atoms with van der Waals surface area (Å²) < 4.78 is 6.17. The van der Waals surface area contributed by atoms with Crippen molar-refractivity contribution in [2.24, 2.45) is 0 Å². The van der Waals surface area contributed by atoms with Gasteiger partial charge in [-0.3, -0.25) is 0 Å². The fourth-order valence-electron chi connectivity index (χ4n) is 9.18. The lowest BCUT2D eigenvalue weighted by molar-refractivity contribution is 0.660. The van der Waals surface area contributed by atoms with Crippen LogP contribution < -0.4 is 9.80 Å². The van der Waals surface area contributed by atoms with E-state index in [4.69, 9.17) is 4.42 Å². The van der Waals surface area contributed by atoms with E-state index in [0.717, 1.165) is 67.2 Å². The molecule has 3 nitrogen and oxygen atoms in total. The molecule has 1 aliphatic carbocycles. The van der Waals surface area contributed by atoms with E-state index in [0.29, 0.717) is 0 Å². The second kappa shape index (κ2) is 14.3. The smallest absolute Gasteiger partial charge is 0.135 e. The molecule has 0 aliphatic heterocycles. The van der Waals surface area contributed by atoms with Crippen molar-refractivity contribution in [3.8, 4) is 33.4 Å². The molecule has 0 amide bonds. The average molecular weight is 771 g/mol. The number of benzene rings is 9. The molecule has 9 aromatic carbocycles. The molecule has 0 saturated heterocycles. The van der Waals surface area contributed by atoms with Crippen LogP contribution in [0.25, 0.3) is 55.3 Å². The van der Waals surface area contributed by atoms with Crippen LogP contribution in [-0.2, 0) is 5.41 Å². The van der Waals surface area contributed by atoms with E-state index in [-0.39, 0.29) is 5.41 Å². The summed E-state index contributed by atoms with van der Waals surface area (Å²) in [6.45, 7) is 4.73. The zero-order chi connectivity index (χ0) is 40.2. The van der Waals surface area contributed by atoms with Gasteiger partial charge in [-0.1, -0.05) is 141 Å². The third-order valence-corrected chi connectivity index (χ3v) is 12.3. The van der Waals surface area contributed by atoms with Gasteiger partial charge < -0.3 is 14.2 Å². The van der Waals surface area contributed by atoms with Crippen molar-refractivity contribution in [2.75, 3.05) is 9.80 Å². The van der Waals surface area contributed by atoms with Crippen molar-refractivity contribution in [3.63, 3.8) is 0 Å². The highest BCUT2D eigenvalue weighted by molar-refractivity contribution is 6.06. The van der Waals surface area contributed by atoms with Crippen LogP contribution in [0.5, 0.6) is 0 Å². The van der Waals surface area contributed by atoms with Crippen molar-refractivity contribution in [2.45, 2.75) is 19.3 Å². The van der Waals surface area contributed by atoms with Crippen LogP contribution in [-0.4, -0.2) is 0 Å². The first-order chi connectivity index (χ1) is 29.5. The first-order valence-corrected chi connectivity index (χ1v) is 20.7. The Balaban J connectivity index is 0.919. The summed E-state index contributed by atoms with van der Waals surface area (Å²) in [7, 11) is 0. The molecule has 286 valence electrons. The minimum atomic E-state index is -0.152. The van der Waals surface area contributed by atoms with Crippen LogP contribution >= 0.6 is 0 Å². The lowest BCUT2D eigenvalue weighted by Crippen LogP contribution is -2.16. The van der Waals surface area contributed by atoms with Crippen molar-refractivity contribution in [1.29, 1.82) is 0 Å². The maximum absolute atomic E-state index is 6.17. The summed E-state index contributed by atoms with van der Waals surface area (Å²) in [4.78, 5) is 4.68. The summed E-state index contributed by atoms with van der Waals surface area (Å²) >= 11 is 0. The second-order valence-corrected chi connectivity index (χ2v) is 16.2. The Bertz CT molecular complexity index is 3150. The molecule has 10 aromatic rings. The second-order valence-electron chi connectivity index (χ2n) is 16.2. The Morgan fingerprint density at radius 1 is 0.317 bits per heavy atom. The molecule has 0 N–H and O–H groups in total. The minimum Gasteiger partial charge on any atom is -0.456 e. The Kier molecular flexibility index (Phi) is 8.49. The first-order valence-electron chi connectivity index (χ1n) is 20.7. The summed E-state index contributed by atoms with van der Waals surface area (Å²) in [5.74, 6) is 0. The van der Waals surface area contributed by atoms with E-state index in [2.05, 4.69) is 230 Å². The summed E-state index contributed by atoms with van der Waals surface area (Å²) in [5, 5.41) is 2.23. The molecule has 60 heavy (non-hydrogen) atoms. The Morgan fingerprint density at radius 3 is 1.35 bits per heavy atom. The predicted octanol–water partition coefficient (Wildman–Crippen LogP) is 16.2. The third-order valence-electron chi connectivity index (χ3n) is 12.3. The van der Waals surface area contributed by atoms with Crippen LogP contribution in [0.3, 0.4) is 0 Å². The van der Waals surface area contributed by atoms with Crippen LogP contribution in [0, 0.1) is 0 Å². The third kappa shape index (κ3) is 6.06. The van der Waals surface area contributed by atoms with Crippen LogP contribution in [0.15, 0.2) is 223 Å². The van der Waals surface area contributed by atoms with Crippen molar-refractivity contribution >= 4 is 56.1 Å². The number of rotatable bonds is 8. The van der Waals surface area contributed by atoms with Crippen molar-refractivity contribution < 1.29 is 4.42 Å². The zero-order valence-electron chi connectivity index (χ0n) is 33.6.